The molecule has 1 aliphatic rings. The number of aliphatic hydroxyl groups excluding tert-OH is 1. The van der Waals surface area contributed by atoms with Gasteiger partial charge in [-0.3, -0.25) is 4.79 Å². The third-order valence-corrected chi connectivity index (χ3v) is 3.16. The number of amides is 1. The number of nitrogens with zero attached hydrogens (tertiary/aromatic N) is 1. The Morgan fingerprint density at radius 2 is 2.38 bits per heavy atom. The van der Waals surface area contributed by atoms with Gasteiger partial charge in [0.2, 0.25) is 5.91 Å². The standard InChI is InChI=1S/C12H24N2O2/c1-2-13-8-7-12(16)14-9-3-5-11(14)6-4-10-15/h11,13,15H,2-10H2,1H3. The number of nitrogens with one attached hydrogen (secondary N) is 1. The lowest BCUT2D eigenvalue weighted by Crippen LogP contribution is -2.37. The topological polar surface area (TPSA) is 52.6 Å². The number of likely N-dealkylation sites (tertiary alicyclic amines) is 1. The van der Waals surface area contributed by atoms with E-state index < -0.39 is 0 Å². The summed E-state index contributed by atoms with van der Waals surface area (Å²) in [6, 6.07) is 0.376. The van der Waals surface area contributed by atoms with Crippen LogP contribution in [0.3, 0.4) is 0 Å². The van der Waals surface area contributed by atoms with E-state index >= 15 is 0 Å². The molecule has 0 spiro atoms. The quantitative estimate of drug-likeness (QED) is 0.632. The Bertz CT molecular complexity index is 209. The molecule has 1 amide bonds. The van der Waals surface area contributed by atoms with Crippen molar-refractivity contribution >= 4 is 5.91 Å². The second-order valence-corrected chi connectivity index (χ2v) is 4.35. The van der Waals surface area contributed by atoms with Crippen LogP contribution in [0.1, 0.15) is 39.0 Å². The number of hydrogen-bond donors (Lipinski definition) is 2. The fourth-order valence-corrected chi connectivity index (χ4v) is 2.31. The van der Waals surface area contributed by atoms with Gasteiger partial charge in [-0.15, -0.1) is 0 Å². The van der Waals surface area contributed by atoms with Gasteiger partial charge in [-0.05, 0) is 32.2 Å². The molecule has 16 heavy (non-hydrogen) atoms. The van der Waals surface area contributed by atoms with Crippen LogP contribution < -0.4 is 5.32 Å². The normalized spacial score (nSPS) is 20.4. The molecule has 2 N–H and O–H groups in total. The van der Waals surface area contributed by atoms with Crippen molar-refractivity contribution in [3.05, 3.63) is 0 Å². The highest BCUT2D eigenvalue weighted by atomic mass is 16.3. The summed E-state index contributed by atoms with van der Waals surface area (Å²) in [5.74, 6) is 0.265. The molecule has 1 aliphatic heterocycles. The Morgan fingerprint density at radius 3 is 3.06 bits per heavy atom. The van der Waals surface area contributed by atoms with E-state index in [4.69, 9.17) is 5.11 Å². The third kappa shape index (κ3) is 4.10. The zero-order chi connectivity index (χ0) is 11.8. The van der Waals surface area contributed by atoms with Crippen molar-refractivity contribution in [1.82, 2.24) is 10.2 Å². The maximum absolute atomic E-state index is 11.9. The second kappa shape index (κ2) is 7.63. The highest BCUT2D eigenvalue weighted by Gasteiger charge is 2.27. The molecule has 1 rings (SSSR count). The average molecular weight is 228 g/mol. The Kier molecular flexibility index (Phi) is 6.42. The van der Waals surface area contributed by atoms with Crippen LogP contribution in [0.15, 0.2) is 0 Å². The van der Waals surface area contributed by atoms with Crippen LogP contribution in [0, 0.1) is 0 Å². The summed E-state index contributed by atoms with van der Waals surface area (Å²) in [6.45, 7) is 4.88. The number of aliphatic hydroxyl groups is 1. The zero-order valence-electron chi connectivity index (χ0n) is 10.2. The van der Waals surface area contributed by atoms with Crippen molar-refractivity contribution in [3.8, 4) is 0 Å². The molecule has 0 aromatic rings. The predicted molar refractivity (Wildman–Crippen MR) is 64.2 cm³/mol. The fourth-order valence-electron chi connectivity index (χ4n) is 2.31. The molecule has 1 unspecified atom stereocenters. The molecule has 1 atom stereocenters. The van der Waals surface area contributed by atoms with Crippen LogP contribution in [0.4, 0.5) is 0 Å². The summed E-state index contributed by atoms with van der Waals surface area (Å²) < 4.78 is 0. The fraction of sp³-hybridized carbons (Fsp3) is 0.917. The lowest BCUT2D eigenvalue weighted by atomic mass is 10.1. The molecule has 0 radical (unpaired) electrons. The largest absolute Gasteiger partial charge is 0.396 e. The zero-order valence-corrected chi connectivity index (χ0v) is 10.2. The lowest BCUT2D eigenvalue weighted by molar-refractivity contribution is -0.132. The van der Waals surface area contributed by atoms with Crippen molar-refractivity contribution in [1.29, 1.82) is 0 Å². The summed E-state index contributed by atoms with van der Waals surface area (Å²) in [5.41, 5.74) is 0. The van der Waals surface area contributed by atoms with Gasteiger partial charge in [0, 0.05) is 32.2 Å². The highest BCUT2D eigenvalue weighted by molar-refractivity contribution is 5.77. The van der Waals surface area contributed by atoms with E-state index in [-0.39, 0.29) is 12.5 Å². The molecule has 0 aliphatic carbocycles. The first kappa shape index (κ1) is 13.5. The number of carbonyl (C=O) groups excluding carboxylic acids is 1. The van der Waals surface area contributed by atoms with E-state index in [1.54, 1.807) is 0 Å². The van der Waals surface area contributed by atoms with Crippen molar-refractivity contribution < 1.29 is 9.90 Å². The Balaban J connectivity index is 2.29. The van der Waals surface area contributed by atoms with Gasteiger partial charge in [-0.2, -0.15) is 0 Å². The van der Waals surface area contributed by atoms with Crippen molar-refractivity contribution in [2.45, 2.75) is 45.1 Å². The smallest absolute Gasteiger partial charge is 0.224 e. The minimum Gasteiger partial charge on any atom is -0.396 e. The van der Waals surface area contributed by atoms with E-state index in [9.17, 15) is 4.79 Å². The molecule has 1 heterocycles. The van der Waals surface area contributed by atoms with Crippen LogP contribution >= 0.6 is 0 Å². The molecular formula is C12H24N2O2. The lowest BCUT2D eigenvalue weighted by Gasteiger charge is -2.24. The number of rotatable bonds is 7. The second-order valence-electron chi connectivity index (χ2n) is 4.35. The first-order valence-electron chi connectivity index (χ1n) is 6.40. The molecule has 0 bridgehead atoms. The van der Waals surface area contributed by atoms with Crippen LogP contribution in [-0.4, -0.2) is 48.2 Å². The van der Waals surface area contributed by atoms with Gasteiger partial charge in [0.05, 0.1) is 0 Å². The SMILES string of the molecule is CCNCCC(=O)N1CCCC1CCCO. The highest BCUT2D eigenvalue weighted by Crippen LogP contribution is 2.21. The monoisotopic (exact) mass is 228 g/mol. The summed E-state index contributed by atoms with van der Waals surface area (Å²) in [4.78, 5) is 13.9. The molecule has 0 aromatic heterocycles. The van der Waals surface area contributed by atoms with E-state index in [0.29, 0.717) is 12.5 Å². The average Bonchev–Trinajstić information content (AvgIpc) is 2.74. The minimum absolute atomic E-state index is 0.232. The Morgan fingerprint density at radius 1 is 1.56 bits per heavy atom. The van der Waals surface area contributed by atoms with Gasteiger partial charge in [-0.1, -0.05) is 6.92 Å². The number of carbonyl (C=O) groups is 1. The van der Waals surface area contributed by atoms with Crippen LogP contribution in [0.25, 0.3) is 0 Å². The molecule has 94 valence electrons. The molecule has 1 saturated heterocycles. The van der Waals surface area contributed by atoms with E-state index in [0.717, 1.165) is 45.3 Å². The van der Waals surface area contributed by atoms with E-state index in [2.05, 4.69) is 5.32 Å². The Hall–Kier alpha value is -0.610. The maximum atomic E-state index is 11.9. The van der Waals surface area contributed by atoms with Gasteiger partial charge in [0.15, 0.2) is 0 Å². The van der Waals surface area contributed by atoms with Gasteiger partial charge in [-0.25, -0.2) is 0 Å². The Labute approximate surface area is 98.0 Å². The summed E-state index contributed by atoms with van der Waals surface area (Å²) >= 11 is 0. The predicted octanol–water partition coefficient (Wildman–Crippen LogP) is 0.749. The summed E-state index contributed by atoms with van der Waals surface area (Å²) in [5, 5.41) is 12.0. The molecule has 0 aromatic carbocycles. The minimum atomic E-state index is 0.232. The first-order chi connectivity index (χ1) is 7.79. The van der Waals surface area contributed by atoms with Crippen molar-refractivity contribution in [2.75, 3.05) is 26.2 Å². The number of hydrogen-bond acceptors (Lipinski definition) is 3. The van der Waals surface area contributed by atoms with Crippen molar-refractivity contribution in [2.24, 2.45) is 0 Å². The molecule has 4 nitrogen and oxygen atoms in total. The van der Waals surface area contributed by atoms with Crippen LogP contribution in [0.2, 0.25) is 0 Å². The van der Waals surface area contributed by atoms with Gasteiger partial charge in [0.1, 0.15) is 0 Å². The van der Waals surface area contributed by atoms with Gasteiger partial charge >= 0.3 is 0 Å². The molecule has 0 saturated carbocycles. The van der Waals surface area contributed by atoms with Gasteiger partial charge < -0.3 is 15.3 Å². The van der Waals surface area contributed by atoms with Crippen LogP contribution in [0.5, 0.6) is 0 Å². The summed E-state index contributed by atoms with van der Waals surface area (Å²) in [6.07, 6.45) is 4.57. The van der Waals surface area contributed by atoms with Crippen LogP contribution in [-0.2, 0) is 4.79 Å². The summed E-state index contributed by atoms with van der Waals surface area (Å²) in [7, 11) is 0. The van der Waals surface area contributed by atoms with E-state index in [1.807, 2.05) is 11.8 Å². The molecule has 4 heteroatoms. The third-order valence-electron chi connectivity index (χ3n) is 3.16. The molecular weight excluding hydrogens is 204 g/mol. The maximum Gasteiger partial charge on any atom is 0.224 e. The van der Waals surface area contributed by atoms with Crippen molar-refractivity contribution in [3.63, 3.8) is 0 Å². The van der Waals surface area contributed by atoms with E-state index in [1.165, 1.54) is 0 Å². The first-order valence-corrected chi connectivity index (χ1v) is 6.40. The molecule has 1 fully saturated rings. The van der Waals surface area contributed by atoms with Gasteiger partial charge in [0.25, 0.3) is 0 Å².